The Morgan fingerprint density at radius 1 is 0.615 bits per heavy atom. The van der Waals surface area contributed by atoms with Crippen LogP contribution in [0.3, 0.4) is 0 Å². The van der Waals surface area contributed by atoms with Gasteiger partial charge in [-0.1, -0.05) is 82.7 Å². The minimum absolute atomic E-state index is 1.09. The summed E-state index contributed by atoms with van der Waals surface area (Å²) in [6.45, 7) is 0. The molecule has 0 aliphatic rings. The Hall–Kier alpha value is -2.84. The van der Waals surface area contributed by atoms with Crippen LogP contribution >= 0.6 is 15.9 Å². The molecule has 0 aliphatic heterocycles. The topological polar surface area (TPSA) is 4.93 Å². The lowest BCUT2D eigenvalue weighted by Crippen LogP contribution is -1.95. The van der Waals surface area contributed by atoms with Crippen LogP contribution in [0.2, 0.25) is 0 Å². The SMILES string of the molecule is Brc1cccc(-c2cccc3c4ccccc4n(-c4ccccc4)c23)c1. The van der Waals surface area contributed by atoms with Crippen LogP contribution in [0.5, 0.6) is 0 Å². The Labute approximate surface area is 160 Å². The van der Waals surface area contributed by atoms with Crippen LogP contribution in [0, 0.1) is 0 Å². The third-order valence-corrected chi connectivity index (χ3v) is 5.34. The zero-order valence-corrected chi connectivity index (χ0v) is 15.6. The van der Waals surface area contributed by atoms with Crippen molar-refractivity contribution in [3.63, 3.8) is 0 Å². The third-order valence-electron chi connectivity index (χ3n) is 4.84. The molecule has 4 aromatic carbocycles. The Bertz CT molecular complexity index is 1240. The summed E-state index contributed by atoms with van der Waals surface area (Å²) < 4.78 is 3.47. The van der Waals surface area contributed by atoms with E-state index >= 15 is 0 Å². The summed E-state index contributed by atoms with van der Waals surface area (Å²) in [4.78, 5) is 0. The summed E-state index contributed by atoms with van der Waals surface area (Å²) >= 11 is 3.61. The molecule has 0 atom stereocenters. The van der Waals surface area contributed by atoms with Crippen LogP contribution in [-0.2, 0) is 0 Å². The zero-order valence-electron chi connectivity index (χ0n) is 14.1. The maximum absolute atomic E-state index is 3.61. The second-order valence-electron chi connectivity index (χ2n) is 6.40. The van der Waals surface area contributed by atoms with Crippen molar-refractivity contribution >= 4 is 37.7 Å². The Morgan fingerprint density at radius 2 is 1.35 bits per heavy atom. The molecule has 0 fully saturated rings. The van der Waals surface area contributed by atoms with Crippen molar-refractivity contribution < 1.29 is 0 Å². The first-order valence-corrected chi connectivity index (χ1v) is 9.46. The molecule has 0 saturated carbocycles. The number of hydrogen-bond donors (Lipinski definition) is 0. The Balaban J connectivity index is 1.98. The maximum atomic E-state index is 3.61. The van der Waals surface area contributed by atoms with E-state index in [0.717, 1.165) is 4.47 Å². The molecule has 5 aromatic rings. The van der Waals surface area contributed by atoms with Crippen molar-refractivity contribution in [2.45, 2.75) is 0 Å². The van der Waals surface area contributed by atoms with Crippen molar-refractivity contribution in [2.75, 3.05) is 0 Å². The molecule has 1 aromatic heterocycles. The van der Waals surface area contributed by atoms with Crippen LogP contribution in [-0.4, -0.2) is 4.57 Å². The van der Waals surface area contributed by atoms with Gasteiger partial charge in [-0.05, 0) is 35.9 Å². The van der Waals surface area contributed by atoms with Crippen LogP contribution in [0.15, 0.2) is 102 Å². The van der Waals surface area contributed by atoms with Crippen LogP contribution in [0.1, 0.15) is 0 Å². The first-order chi connectivity index (χ1) is 12.8. The van der Waals surface area contributed by atoms with E-state index in [9.17, 15) is 0 Å². The van der Waals surface area contributed by atoms with Gasteiger partial charge in [0, 0.05) is 26.5 Å². The number of aromatic nitrogens is 1. The molecule has 124 valence electrons. The smallest absolute Gasteiger partial charge is 0.0619 e. The van der Waals surface area contributed by atoms with E-state index in [1.54, 1.807) is 0 Å². The van der Waals surface area contributed by atoms with E-state index in [1.165, 1.54) is 38.6 Å². The van der Waals surface area contributed by atoms with Crippen molar-refractivity contribution in [3.05, 3.63) is 102 Å². The van der Waals surface area contributed by atoms with Crippen molar-refractivity contribution in [2.24, 2.45) is 0 Å². The average Bonchev–Trinajstić information content (AvgIpc) is 3.03. The predicted octanol–water partition coefficient (Wildman–Crippen LogP) is 7.21. The maximum Gasteiger partial charge on any atom is 0.0619 e. The van der Waals surface area contributed by atoms with Gasteiger partial charge in [0.2, 0.25) is 0 Å². The fraction of sp³-hybridized carbons (Fsp3) is 0. The summed E-state index contributed by atoms with van der Waals surface area (Å²) in [6.07, 6.45) is 0. The molecule has 0 unspecified atom stereocenters. The van der Waals surface area contributed by atoms with Crippen molar-refractivity contribution in [1.82, 2.24) is 4.57 Å². The number of rotatable bonds is 2. The molecule has 0 saturated heterocycles. The number of benzene rings is 4. The minimum Gasteiger partial charge on any atom is -0.309 e. The summed E-state index contributed by atoms with van der Waals surface area (Å²) in [5.41, 5.74) is 6.11. The molecule has 0 radical (unpaired) electrons. The van der Waals surface area contributed by atoms with E-state index in [2.05, 4.69) is 118 Å². The van der Waals surface area contributed by atoms with Gasteiger partial charge in [-0.2, -0.15) is 0 Å². The Morgan fingerprint density at radius 3 is 2.19 bits per heavy atom. The molecule has 5 rings (SSSR count). The average molecular weight is 398 g/mol. The molecule has 0 spiro atoms. The summed E-state index contributed by atoms with van der Waals surface area (Å²) in [5.74, 6) is 0. The molecule has 0 bridgehead atoms. The lowest BCUT2D eigenvalue weighted by molar-refractivity contribution is 1.18. The molecule has 0 N–H and O–H groups in total. The minimum atomic E-state index is 1.09. The molecule has 0 amide bonds. The van der Waals surface area contributed by atoms with Gasteiger partial charge in [0.15, 0.2) is 0 Å². The van der Waals surface area contributed by atoms with Gasteiger partial charge < -0.3 is 4.57 Å². The fourth-order valence-electron chi connectivity index (χ4n) is 3.75. The van der Waals surface area contributed by atoms with Gasteiger partial charge in [-0.15, -0.1) is 0 Å². The van der Waals surface area contributed by atoms with Gasteiger partial charge in [-0.25, -0.2) is 0 Å². The normalized spacial score (nSPS) is 11.3. The van der Waals surface area contributed by atoms with Crippen molar-refractivity contribution in [3.8, 4) is 16.8 Å². The standard InChI is InChI=1S/C24H16BrN/c25-18-9-6-8-17(16-18)20-13-7-14-22-21-12-4-5-15-23(21)26(24(20)22)19-10-2-1-3-11-19/h1-16H. The fourth-order valence-corrected chi connectivity index (χ4v) is 4.15. The molecular weight excluding hydrogens is 382 g/mol. The van der Waals surface area contributed by atoms with Crippen LogP contribution < -0.4 is 0 Å². The monoisotopic (exact) mass is 397 g/mol. The van der Waals surface area contributed by atoms with Gasteiger partial charge in [0.25, 0.3) is 0 Å². The lowest BCUT2D eigenvalue weighted by Gasteiger charge is -2.11. The summed E-state index contributed by atoms with van der Waals surface area (Å²) in [7, 11) is 0. The molecular formula is C24H16BrN. The number of hydrogen-bond acceptors (Lipinski definition) is 0. The number of nitrogens with zero attached hydrogens (tertiary/aromatic N) is 1. The zero-order chi connectivity index (χ0) is 17.5. The number of halogens is 1. The number of para-hydroxylation sites is 3. The van der Waals surface area contributed by atoms with E-state index < -0.39 is 0 Å². The predicted molar refractivity (Wildman–Crippen MR) is 114 cm³/mol. The quantitative estimate of drug-likeness (QED) is 0.296. The highest BCUT2D eigenvalue weighted by Gasteiger charge is 2.15. The van der Waals surface area contributed by atoms with E-state index in [1.807, 2.05) is 0 Å². The Kier molecular flexibility index (Phi) is 3.65. The van der Waals surface area contributed by atoms with Crippen LogP contribution in [0.4, 0.5) is 0 Å². The molecule has 1 heterocycles. The van der Waals surface area contributed by atoms with Crippen molar-refractivity contribution in [1.29, 1.82) is 0 Å². The second kappa shape index (κ2) is 6.15. The van der Waals surface area contributed by atoms with Gasteiger partial charge in [0.1, 0.15) is 0 Å². The first kappa shape index (κ1) is 15.4. The second-order valence-corrected chi connectivity index (χ2v) is 7.32. The van der Waals surface area contributed by atoms with E-state index in [0.29, 0.717) is 0 Å². The third kappa shape index (κ3) is 2.38. The molecule has 26 heavy (non-hydrogen) atoms. The van der Waals surface area contributed by atoms with E-state index in [-0.39, 0.29) is 0 Å². The molecule has 1 nitrogen and oxygen atoms in total. The summed E-state index contributed by atoms with van der Waals surface area (Å²) in [5, 5.41) is 2.56. The van der Waals surface area contributed by atoms with Crippen LogP contribution in [0.25, 0.3) is 38.6 Å². The summed E-state index contributed by atoms with van der Waals surface area (Å²) in [6, 6.07) is 34.3. The molecule has 0 aliphatic carbocycles. The van der Waals surface area contributed by atoms with Gasteiger partial charge in [-0.3, -0.25) is 0 Å². The lowest BCUT2D eigenvalue weighted by atomic mass is 10.0. The highest BCUT2D eigenvalue weighted by molar-refractivity contribution is 9.10. The highest BCUT2D eigenvalue weighted by Crippen LogP contribution is 2.38. The van der Waals surface area contributed by atoms with E-state index in [4.69, 9.17) is 0 Å². The molecule has 2 heteroatoms. The first-order valence-electron chi connectivity index (χ1n) is 8.66. The van der Waals surface area contributed by atoms with Gasteiger partial charge in [0.05, 0.1) is 11.0 Å². The van der Waals surface area contributed by atoms with Gasteiger partial charge >= 0.3 is 0 Å². The number of fused-ring (bicyclic) bond motifs is 3. The highest BCUT2D eigenvalue weighted by atomic mass is 79.9. The largest absolute Gasteiger partial charge is 0.309 e.